The number of carbonyl (C=O) groups is 5. The molecule has 3 fully saturated rings. The fraction of sp³-hybridized carbons (Fsp3) is 0.400. The Balaban J connectivity index is 1.12. The van der Waals surface area contributed by atoms with Gasteiger partial charge in [0.15, 0.2) is 18.9 Å². The molecule has 0 aliphatic carbocycles. The average molecular weight is 640 g/mol. The second kappa shape index (κ2) is 12.5. The van der Waals surface area contributed by atoms with Crippen LogP contribution < -0.4 is 25.4 Å². The maximum absolute atomic E-state index is 15.2. The number of nitrogens with one attached hydrogen (secondary N) is 3. The number of hydrogen-bond donors (Lipinski definition) is 4. The van der Waals surface area contributed by atoms with Crippen LogP contribution >= 0.6 is 11.8 Å². The Kier molecular flexibility index (Phi) is 8.46. The van der Waals surface area contributed by atoms with Crippen LogP contribution in [-0.2, 0) is 30.5 Å². The van der Waals surface area contributed by atoms with Gasteiger partial charge in [0, 0.05) is 35.9 Å². The maximum Gasteiger partial charge on any atom is 0.414 e. The monoisotopic (exact) mass is 639 g/mol. The number of hydrogen-bond acceptors (Lipinski definition) is 8. The van der Waals surface area contributed by atoms with Gasteiger partial charge in [-0.1, -0.05) is 0 Å². The van der Waals surface area contributed by atoms with Crippen molar-refractivity contribution in [1.82, 2.24) is 20.9 Å². The van der Waals surface area contributed by atoms with Crippen molar-refractivity contribution < 1.29 is 42.8 Å². The number of aliphatic carboxylic acids is 1. The SMILES string of the molecule is CC(=O)NC[C@H]1CN(c2ccc(-c3cc[n+](CC4=C(C(=O)O)N5C(=O)[C@@H](NC(=O)C6CCCN6)C5SC4)cc3)c(F)c2)C(=O)O1. The first kappa shape index (κ1) is 30.5. The minimum Gasteiger partial charge on any atom is -0.477 e. The number of anilines is 1. The Hall–Kier alpha value is -4.50. The summed E-state index contributed by atoms with van der Waals surface area (Å²) in [6.07, 6.45) is 3.82. The maximum atomic E-state index is 15.2. The molecule has 5 heterocycles. The summed E-state index contributed by atoms with van der Waals surface area (Å²) >= 11 is 1.41. The van der Waals surface area contributed by atoms with Crippen LogP contribution in [0.4, 0.5) is 14.9 Å². The van der Waals surface area contributed by atoms with Crippen LogP contribution in [0.5, 0.6) is 0 Å². The van der Waals surface area contributed by atoms with Gasteiger partial charge >= 0.3 is 12.1 Å². The quantitative estimate of drug-likeness (QED) is 0.229. The number of aromatic nitrogens is 1. The molecule has 0 saturated carbocycles. The average Bonchev–Trinajstić information content (AvgIpc) is 3.69. The van der Waals surface area contributed by atoms with Crippen molar-refractivity contribution in [3.05, 3.63) is 59.8 Å². The minimum atomic E-state index is -1.21. The zero-order valence-electron chi connectivity index (χ0n) is 24.3. The van der Waals surface area contributed by atoms with Gasteiger partial charge in [0.1, 0.15) is 29.0 Å². The molecule has 2 unspecified atom stereocenters. The second-order valence-electron chi connectivity index (χ2n) is 11.3. The number of nitrogens with zero attached hydrogens (tertiary/aromatic N) is 3. The zero-order chi connectivity index (χ0) is 31.8. The third-order valence-corrected chi connectivity index (χ3v) is 9.56. The number of carbonyl (C=O) groups excluding carboxylic acids is 4. The summed E-state index contributed by atoms with van der Waals surface area (Å²) in [5, 5.41) is 18.0. The Morgan fingerprint density at radius 3 is 2.64 bits per heavy atom. The fourth-order valence-corrected chi connectivity index (χ4v) is 7.27. The van der Waals surface area contributed by atoms with Crippen LogP contribution in [0.25, 0.3) is 11.1 Å². The highest BCUT2D eigenvalue weighted by Crippen LogP contribution is 2.40. The molecule has 6 rings (SSSR count). The van der Waals surface area contributed by atoms with Crippen LogP contribution in [0.3, 0.4) is 0 Å². The fourth-order valence-electron chi connectivity index (χ4n) is 5.93. The first-order chi connectivity index (χ1) is 21.6. The number of halogens is 1. The largest absolute Gasteiger partial charge is 0.477 e. The predicted octanol–water partition coefficient (Wildman–Crippen LogP) is 0.732. The number of amides is 4. The van der Waals surface area contributed by atoms with Crippen molar-refractivity contribution >= 4 is 47.2 Å². The van der Waals surface area contributed by atoms with E-state index in [0.717, 1.165) is 13.0 Å². The van der Waals surface area contributed by atoms with Gasteiger partial charge < -0.3 is 25.8 Å². The highest BCUT2D eigenvalue weighted by atomic mass is 32.2. The second-order valence-corrected chi connectivity index (χ2v) is 12.4. The lowest BCUT2D eigenvalue weighted by Gasteiger charge is -2.49. The van der Waals surface area contributed by atoms with Crippen molar-refractivity contribution in [1.29, 1.82) is 0 Å². The number of pyridine rings is 1. The van der Waals surface area contributed by atoms with E-state index in [1.54, 1.807) is 41.2 Å². The third-order valence-electron chi connectivity index (χ3n) is 8.22. The van der Waals surface area contributed by atoms with Gasteiger partial charge in [-0.05, 0) is 43.1 Å². The molecule has 4 N–H and O–H groups in total. The van der Waals surface area contributed by atoms with E-state index < -0.39 is 41.3 Å². The molecule has 2 aromatic rings. The molecule has 4 atom stereocenters. The molecule has 1 aromatic carbocycles. The van der Waals surface area contributed by atoms with Crippen LogP contribution in [0.15, 0.2) is 54.0 Å². The molecular weight excluding hydrogens is 607 g/mol. The van der Waals surface area contributed by atoms with Crippen LogP contribution in [0, 0.1) is 5.82 Å². The molecule has 0 spiro atoms. The predicted molar refractivity (Wildman–Crippen MR) is 159 cm³/mol. The van der Waals surface area contributed by atoms with Crippen LogP contribution in [0.2, 0.25) is 0 Å². The van der Waals surface area contributed by atoms with Crippen molar-refractivity contribution in [3.8, 4) is 11.1 Å². The van der Waals surface area contributed by atoms with Crippen molar-refractivity contribution in [3.63, 3.8) is 0 Å². The lowest BCUT2D eigenvalue weighted by Crippen LogP contribution is -2.71. The van der Waals surface area contributed by atoms with Gasteiger partial charge in [0.2, 0.25) is 11.8 Å². The molecule has 0 bridgehead atoms. The number of rotatable bonds is 9. The highest BCUT2D eigenvalue weighted by Gasteiger charge is 2.54. The normalized spacial score (nSPS) is 24.2. The zero-order valence-corrected chi connectivity index (χ0v) is 25.1. The molecule has 45 heavy (non-hydrogen) atoms. The molecule has 13 nitrogen and oxygen atoms in total. The van der Waals surface area contributed by atoms with Crippen molar-refractivity contribution in [2.75, 3.05) is 30.3 Å². The topological polar surface area (TPSA) is 161 Å². The van der Waals surface area contributed by atoms with E-state index in [-0.39, 0.29) is 43.2 Å². The Labute approximate surface area is 261 Å². The molecule has 4 aliphatic heterocycles. The first-order valence-electron chi connectivity index (χ1n) is 14.6. The number of fused-ring (bicyclic) bond motifs is 1. The summed E-state index contributed by atoms with van der Waals surface area (Å²) in [5.74, 6) is -2.33. The number of benzene rings is 1. The Bertz CT molecular complexity index is 1600. The number of cyclic esters (lactones) is 1. The van der Waals surface area contributed by atoms with E-state index >= 15 is 4.39 Å². The van der Waals surface area contributed by atoms with Crippen molar-refractivity contribution in [2.45, 2.75) is 49.9 Å². The highest BCUT2D eigenvalue weighted by molar-refractivity contribution is 8.00. The molecule has 4 amide bonds. The minimum absolute atomic E-state index is 0.0776. The molecule has 1 aromatic heterocycles. The summed E-state index contributed by atoms with van der Waals surface area (Å²) < 4.78 is 22.2. The van der Waals surface area contributed by atoms with Gasteiger partial charge in [-0.3, -0.25) is 24.2 Å². The Morgan fingerprint density at radius 2 is 1.98 bits per heavy atom. The van der Waals surface area contributed by atoms with Gasteiger partial charge in [0.05, 0.1) is 24.8 Å². The molecule has 4 aliphatic rings. The van der Waals surface area contributed by atoms with E-state index in [2.05, 4.69) is 16.0 Å². The summed E-state index contributed by atoms with van der Waals surface area (Å²) in [7, 11) is 0. The van der Waals surface area contributed by atoms with E-state index in [9.17, 15) is 29.1 Å². The number of thioether (sulfide) groups is 1. The third kappa shape index (κ3) is 6.09. The number of carboxylic acids is 1. The summed E-state index contributed by atoms with van der Waals surface area (Å²) in [4.78, 5) is 63.8. The lowest BCUT2D eigenvalue weighted by atomic mass is 10.0. The van der Waals surface area contributed by atoms with Crippen LogP contribution in [0.1, 0.15) is 19.8 Å². The molecule has 3 saturated heterocycles. The number of carboxylic acid groups (broad SMARTS) is 1. The van der Waals surface area contributed by atoms with Gasteiger partial charge in [-0.2, -0.15) is 0 Å². The van der Waals surface area contributed by atoms with Gasteiger partial charge in [-0.25, -0.2) is 18.5 Å². The van der Waals surface area contributed by atoms with E-state index in [1.165, 1.54) is 34.6 Å². The Morgan fingerprint density at radius 1 is 1.20 bits per heavy atom. The standard InChI is InChI=1S/C30H31FN6O7S/c1-16(38)33-12-20-14-36(30(43)44-20)19-4-5-21(22(31)11-19)17-6-9-35(10-7-17)13-18-15-45-28-24(27(40)37(28)25(18)29(41)42)34-26(39)23-3-2-8-32-23/h4-7,9-11,20,23-24,28,32H,2-3,8,12-15H2,1H3,(H2-,33,34,38,39,41,42)/p+1/t20-,23?,24+,28?/m0/s1. The smallest absolute Gasteiger partial charge is 0.414 e. The van der Waals surface area contributed by atoms with E-state index in [1.807, 2.05) is 0 Å². The van der Waals surface area contributed by atoms with E-state index in [4.69, 9.17) is 4.74 Å². The number of β-lactam (4-membered cyclic amide) rings is 1. The summed E-state index contributed by atoms with van der Waals surface area (Å²) in [6, 6.07) is 6.72. The van der Waals surface area contributed by atoms with E-state index in [0.29, 0.717) is 34.6 Å². The summed E-state index contributed by atoms with van der Waals surface area (Å²) in [5.41, 5.74) is 1.67. The summed E-state index contributed by atoms with van der Waals surface area (Å²) in [6.45, 7) is 2.65. The van der Waals surface area contributed by atoms with Gasteiger partial charge in [-0.15, -0.1) is 11.8 Å². The lowest BCUT2D eigenvalue weighted by molar-refractivity contribution is -0.689. The molecule has 236 valence electrons. The van der Waals surface area contributed by atoms with Crippen LogP contribution in [-0.4, -0.2) is 88.7 Å². The molecule has 15 heteroatoms. The molecule has 0 radical (unpaired) electrons. The number of ether oxygens (including phenoxy) is 1. The molecular formula is C30H32FN6O7S+. The van der Waals surface area contributed by atoms with Crippen molar-refractivity contribution in [2.24, 2.45) is 0 Å². The first-order valence-corrected chi connectivity index (χ1v) is 15.6. The van der Waals surface area contributed by atoms with Gasteiger partial charge in [0.25, 0.3) is 5.91 Å².